The summed E-state index contributed by atoms with van der Waals surface area (Å²) in [4.78, 5) is 16.6. The highest BCUT2D eigenvalue weighted by molar-refractivity contribution is 6.33. The molecule has 0 unspecified atom stereocenters. The molecular formula is C20H23ClN2O2. The third-order valence-electron chi connectivity index (χ3n) is 5.04. The first-order valence-electron chi connectivity index (χ1n) is 9.03. The molecular weight excluding hydrogens is 336 g/mol. The highest BCUT2D eigenvalue weighted by Gasteiger charge is 2.28. The van der Waals surface area contributed by atoms with Crippen LogP contribution in [0.15, 0.2) is 40.8 Å². The van der Waals surface area contributed by atoms with Gasteiger partial charge in [-0.05, 0) is 43.0 Å². The van der Waals surface area contributed by atoms with E-state index in [1.54, 1.807) is 0 Å². The van der Waals surface area contributed by atoms with Crippen LogP contribution in [0.5, 0.6) is 0 Å². The van der Waals surface area contributed by atoms with Crippen LogP contribution in [0.4, 0.5) is 0 Å². The standard InChI is InChI=1S/C20H23ClN2O2/c21-18-4-2-1-3-17(18)19-8-7-16(25-19)14-22-10-9-20(24)23(12-11-22)13-15-5-6-15/h1-4,7-8,15H,5-6,9-14H2. The maximum Gasteiger partial charge on any atom is 0.223 e. The van der Waals surface area contributed by atoms with Crippen LogP contribution in [0.3, 0.4) is 0 Å². The van der Waals surface area contributed by atoms with E-state index < -0.39 is 0 Å². The first-order chi connectivity index (χ1) is 12.2. The Kier molecular flexibility index (Phi) is 4.82. The van der Waals surface area contributed by atoms with E-state index in [2.05, 4.69) is 9.80 Å². The van der Waals surface area contributed by atoms with E-state index in [0.29, 0.717) is 17.4 Å². The Balaban J connectivity index is 1.39. The van der Waals surface area contributed by atoms with Gasteiger partial charge in [0.25, 0.3) is 0 Å². The topological polar surface area (TPSA) is 36.7 Å². The van der Waals surface area contributed by atoms with Gasteiger partial charge in [0.2, 0.25) is 5.91 Å². The van der Waals surface area contributed by atoms with Gasteiger partial charge in [-0.2, -0.15) is 0 Å². The molecule has 4 rings (SSSR count). The van der Waals surface area contributed by atoms with Gasteiger partial charge in [0, 0.05) is 38.2 Å². The molecule has 0 N–H and O–H groups in total. The second-order valence-electron chi connectivity index (χ2n) is 7.06. The number of benzene rings is 1. The lowest BCUT2D eigenvalue weighted by molar-refractivity contribution is -0.130. The smallest absolute Gasteiger partial charge is 0.223 e. The minimum Gasteiger partial charge on any atom is -0.460 e. The number of halogens is 1. The van der Waals surface area contributed by atoms with Gasteiger partial charge in [-0.25, -0.2) is 0 Å². The van der Waals surface area contributed by atoms with E-state index in [-0.39, 0.29) is 0 Å². The van der Waals surface area contributed by atoms with Gasteiger partial charge >= 0.3 is 0 Å². The summed E-state index contributed by atoms with van der Waals surface area (Å²) in [6.07, 6.45) is 3.17. The number of nitrogens with zero attached hydrogens (tertiary/aromatic N) is 2. The van der Waals surface area contributed by atoms with Crippen molar-refractivity contribution in [3.05, 3.63) is 47.2 Å². The second kappa shape index (κ2) is 7.22. The van der Waals surface area contributed by atoms with E-state index >= 15 is 0 Å². The molecule has 25 heavy (non-hydrogen) atoms. The summed E-state index contributed by atoms with van der Waals surface area (Å²) in [5.74, 6) is 2.75. The number of hydrogen-bond donors (Lipinski definition) is 0. The van der Waals surface area contributed by atoms with Crippen LogP contribution >= 0.6 is 11.6 Å². The summed E-state index contributed by atoms with van der Waals surface area (Å²) >= 11 is 6.25. The molecule has 0 bridgehead atoms. The Bertz CT molecular complexity index is 754. The van der Waals surface area contributed by atoms with Crippen molar-refractivity contribution in [2.24, 2.45) is 5.92 Å². The quantitative estimate of drug-likeness (QED) is 0.809. The number of amides is 1. The average Bonchev–Trinajstić information content (AvgIpc) is 3.35. The lowest BCUT2D eigenvalue weighted by Gasteiger charge is -2.21. The van der Waals surface area contributed by atoms with Crippen LogP contribution in [0, 0.1) is 5.92 Å². The van der Waals surface area contributed by atoms with E-state index in [9.17, 15) is 4.79 Å². The van der Waals surface area contributed by atoms with Crippen molar-refractivity contribution in [3.63, 3.8) is 0 Å². The predicted molar refractivity (Wildman–Crippen MR) is 98.4 cm³/mol. The van der Waals surface area contributed by atoms with Gasteiger partial charge in [-0.1, -0.05) is 23.7 Å². The molecule has 1 aliphatic heterocycles. The molecule has 5 heteroatoms. The summed E-state index contributed by atoms with van der Waals surface area (Å²) in [5, 5.41) is 0.694. The van der Waals surface area contributed by atoms with Gasteiger partial charge in [-0.15, -0.1) is 0 Å². The summed E-state index contributed by atoms with van der Waals surface area (Å²) < 4.78 is 6.00. The monoisotopic (exact) mass is 358 g/mol. The molecule has 0 atom stereocenters. The number of hydrogen-bond acceptors (Lipinski definition) is 3. The summed E-state index contributed by atoms with van der Waals surface area (Å²) in [5.41, 5.74) is 0.914. The zero-order chi connectivity index (χ0) is 17.2. The van der Waals surface area contributed by atoms with Crippen LogP contribution in [0.25, 0.3) is 11.3 Å². The number of carbonyl (C=O) groups excluding carboxylic acids is 1. The fraction of sp³-hybridized carbons (Fsp3) is 0.450. The SMILES string of the molecule is O=C1CCN(Cc2ccc(-c3ccccc3Cl)o2)CCN1CC1CC1. The molecule has 2 aliphatic rings. The van der Waals surface area contributed by atoms with Crippen molar-refractivity contribution in [1.82, 2.24) is 9.80 Å². The van der Waals surface area contributed by atoms with Crippen LogP contribution in [-0.2, 0) is 11.3 Å². The van der Waals surface area contributed by atoms with Gasteiger partial charge in [0.05, 0.1) is 11.6 Å². The van der Waals surface area contributed by atoms with Crippen molar-refractivity contribution in [2.45, 2.75) is 25.8 Å². The zero-order valence-corrected chi connectivity index (χ0v) is 15.0. The van der Waals surface area contributed by atoms with Crippen molar-refractivity contribution < 1.29 is 9.21 Å². The molecule has 4 nitrogen and oxygen atoms in total. The fourth-order valence-corrected chi connectivity index (χ4v) is 3.59. The molecule has 0 spiro atoms. The zero-order valence-electron chi connectivity index (χ0n) is 14.3. The normalized spacial score (nSPS) is 19.2. The van der Waals surface area contributed by atoms with Crippen molar-refractivity contribution >= 4 is 17.5 Å². The highest BCUT2D eigenvalue weighted by atomic mass is 35.5. The molecule has 2 aromatic rings. The van der Waals surface area contributed by atoms with Crippen molar-refractivity contribution in [3.8, 4) is 11.3 Å². The number of carbonyl (C=O) groups is 1. The van der Waals surface area contributed by atoms with Crippen molar-refractivity contribution in [1.29, 1.82) is 0 Å². The highest BCUT2D eigenvalue weighted by Crippen LogP contribution is 2.31. The van der Waals surface area contributed by atoms with E-state index in [1.807, 2.05) is 36.4 Å². The third kappa shape index (κ3) is 4.07. The molecule has 1 aromatic heterocycles. The predicted octanol–water partition coefficient (Wildman–Crippen LogP) is 4.04. The average molecular weight is 359 g/mol. The van der Waals surface area contributed by atoms with Crippen LogP contribution in [0.1, 0.15) is 25.0 Å². The van der Waals surface area contributed by atoms with E-state index in [1.165, 1.54) is 12.8 Å². The maximum absolute atomic E-state index is 12.3. The first-order valence-corrected chi connectivity index (χ1v) is 9.40. The molecule has 1 saturated heterocycles. The molecule has 0 radical (unpaired) electrons. The largest absolute Gasteiger partial charge is 0.460 e. The lowest BCUT2D eigenvalue weighted by atomic mass is 10.2. The Morgan fingerprint density at radius 2 is 1.92 bits per heavy atom. The van der Waals surface area contributed by atoms with Crippen LogP contribution in [-0.4, -0.2) is 41.9 Å². The molecule has 132 valence electrons. The molecule has 1 aromatic carbocycles. The summed E-state index contributed by atoms with van der Waals surface area (Å²) in [6.45, 7) is 4.20. The lowest BCUT2D eigenvalue weighted by Crippen LogP contribution is -2.34. The number of rotatable bonds is 5. The first kappa shape index (κ1) is 16.7. The maximum atomic E-state index is 12.3. The Hall–Kier alpha value is -1.78. The second-order valence-corrected chi connectivity index (χ2v) is 7.46. The molecule has 1 saturated carbocycles. The van der Waals surface area contributed by atoms with Crippen LogP contribution < -0.4 is 0 Å². The van der Waals surface area contributed by atoms with Gasteiger partial charge < -0.3 is 9.32 Å². The fourth-order valence-electron chi connectivity index (χ4n) is 3.36. The van der Waals surface area contributed by atoms with E-state index in [0.717, 1.165) is 55.7 Å². The summed E-state index contributed by atoms with van der Waals surface area (Å²) in [6, 6.07) is 11.7. The molecule has 1 amide bonds. The number of furan rings is 1. The third-order valence-corrected chi connectivity index (χ3v) is 5.37. The van der Waals surface area contributed by atoms with Crippen molar-refractivity contribution in [2.75, 3.05) is 26.2 Å². The van der Waals surface area contributed by atoms with E-state index in [4.69, 9.17) is 16.0 Å². The summed E-state index contributed by atoms with van der Waals surface area (Å²) in [7, 11) is 0. The van der Waals surface area contributed by atoms with Crippen LogP contribution in [0.2, 0.25) is 5.02 Å². The van der Waals surface area contributed by atoms with Gasteiger partial charge in [-0.3, -0.25) is 9.69 Å². The Labute approximate surface area is 153 Å². The molecule has 2 heterocycles. The molecule has 1 aliphatic carbocycles. The Morgan fingerprint density at radius 1 is 1.08 bits per heavy atom. The van der Waals surface area contributed by atoms with Gasteiger partial charge in [0.1, 0.15) is 11.5 Å². The Morgan fingerprint density at radius 3 is 2.72 bits per heavy atom. The molecule has 2 fully saturated rings. The minimum atomic E-state index is 0.297. The van der Waals surface area contributed by atoms with Gasteiger partial charge in [0.15, 0.2) is 0 Å². The minimum absolute atomic E-state index is 0.297.